The summed E-state index contributed by atoms with van der Waals surface area (Å²) in [6.45, 7) is 9.26. The van der Waals surface area contributed by atoms with Crippen molar-refractivity contribution in [1.82, 2.24) is 14.8 Å². The summed E-state index contributed by atoms with van der Waals surface area (Å²) in [7, 11) is 1.69. The van der Waals surface area contributed by atoms with E-state index in [9.17, 15) is 4.79 Å². The van der Waals surface area contributed by atoms with Gasteiger partial charge in [-0.15, -0.1) is 10.2 Å². The zero-order valence-electron chi connectivity index (χ0n) is 15.5. The van der Waals surface area contributed by atoms with Crippen molar-refractivity contribution in [3.8, 4) is 0 Å². The Morgan fingerprint density at radius 2 is 1.96 bits per heavy atom. The molecule has 0 aliphatic heterocycles. The van der Waals surface area contributed by atoms with Crippen LogP contribution in [0.1, 0.15) is 30.3 Å². The summed E-state index contributed by atoms with van der Waals surface area (Å²) in [5, 5.41) is 11.9. The lowest BCUT2D eigenvalue weighted by Crippen LogP contribution is -2.24. The van der Waals surface area contributed by atoms with Gasteiger partial charge in [0.2, 0.25) is 5.91 Å². The second-order valence-corrected chi connectivity index (χ2v) is 7.35. The van der Waals surface area contributed by atoms with Crippen molar-refractivity contribution in [2.75, 3.05) is 19.0 Å². The number of nitrogens with zero attached hydrogens (tertiary/aromatic N) is 3. The molecular formula is C18H26N4O2S. The fraction of sp³-hybridized carbons (Fsp3) is 0.500. The van der Waals surface area contributed by atoms with E-state index in [1.807, 2.05) is 50.5 Å². The number of aryl methyl sites for hydroxylation is 3. The number of methoxy groups -OCH3 is 1. The highest BCUT2D eigenvalue weighted by atomic mass is 32.2. The van der Waals surface area contributed by atoms with Crippen LogP contribution in [-0.4, -0.2) is 39.6 Å². The van der Waals surface area contributed by atoms with Gasteiger partial charge in [0, 0.05) is 25.9 Å². The number of hydrogen-bond donors (Lipinski definition) is 1. The molecule has 0 saturated carbocycles. The van der Waals surface area contributed by atoms with Gasteiger partial charge in [-0.2, -0.15) is 0 Å². The standard InChI is InChI=1S/C18H26N4O2S/c1-12-8-6-9-13(2)16(12)19-17(23)14(3)25-18-21-20-15(4)22(18)10-7-11-24-5/h6,8-9,14H,7,10-11H2,1-5H3,(H,19,23)/t14-/m0/s1. The quantitative estimate of drug-likeness (QED) is 0.576. The van der Waals surface area contributed by atoms with Crippen molar-refractivity contribution in [3.63, 3.8) is 0 Å². The van der Waals surface area contributed by atoms with E-state index in [0.717, 1.165) is 40.8 Å². The van der Waals surface area contributed by atoms with E-state index < -0.39 is 0 Å². The molecule has 0 radical (unpaired) electrons. The van der Waals surface area contributed by atoms with Gasteiger partial charge >= 0.3 is 0 Å². The third-order valence-electron chi connectivity index (χ3n) is 4.01. The molecule has 0 saturated heterocycles. The second-order valence-electron chi connectivity index (χ2n) is 6.04. The van der Waals surface area contributed by atoms with Gasteiger partial charge in [-0.25, -0.2) is 0 Å². The minimum absolute atomic E-state index is 0.0357. The van der Waals surface area contributed by atoms with Crippen LogP contribution < -0.4 is 5.32 Å². The van der Waals surface area contributed by atoms with Gasteiger partial charge in [-0.1, -0.05) is 30.0 Å². The maximum Gasteiger partial charge on any atom is 0.237 e. The Bertz CT molecular complexity index is 710. The first kappa shape index (κ1) is 19.5. The van der Waals surface area contributed by atoms with Crippen molar-refractivity contribution in [2.24, 2.45) is 0 Å². The van der Waals surface area contributed by atoms with E-state index in [1.54, 1.807) is 7.11 Å². The Morgan fingerprint density at radius 1 is 1.28 bits per heavy atom. The van der Waals surface area contributed by atoms with Gasteiger partial charge in [0.25, 0.3) is 0 Å². The van der Waals surface area contributed by atoms with E-state index in [4.69, 9.17) is 4.74 Å². The zero-order chi connectivity index (χ0) is 18.4. The number of anilines is 1. The number of ether oxygens (including phenoxy) is 1. The molecule has 2 rings (SSSR count). The predicted octanol–water partition coefficient (Wildman–Crippen LogP) is 3.36. The van der Waals surface area contributed by atoms with Crippen LogP contribution in [0.4, 0.5) is 5.69 Å². The van der Waals surface area contributed by atoms with Gasteiger partial charge in [0.1, 0.15) is 5.82 Å². The van der Waals surface area contributed by atoms with Crippen LogP contribution in [0.5, 0.6) is 0 Å². The molecule has 6 nitrogen and oxygen atoms in total. The van der Waals surface area contributed by atoms with E-state index in [2.05, 4.69) is 15.5 Å². The van der Waals surface area contributed by atoms with Crippen LogP contribution in [0.3, 0.4) is 0 Å². The number of para-hydroxylation sites is 1. The molecule has 1 amide bonds. The number of rotatable bonds is 8. The highest BCUT2D eigenvalue weighted by Gasteiger charge is 2.20. The van der Waals surface area contributed by atoms with Gasteiger partial charge in [0.05, 0.1) is 5.25 Å². The van der Waals surface area contributed by atoms with Gasteiger partial charge < -0.3 is 14.6 Å². The van der Waals surface area contributed by atoms with Crippen molar-refractivity contribution in [2.45, 2.75) is 51.1 Å². The zero-order valence-corrected chi connectivity index (χ0v) is 16.3. The monoisotopic (exact) mass is 362 g/mol. The molecule has 25 heavy (non-hydrogen) atoms. The summed E-state index contributed by atoms with van der Waals surface area (Å²) in [4.78, 5) is 12.6. The molecule has 136 valence electrons. The third kappa shape index (κ3) is 5.06. The first-order valence-electron chi connectivity index (χ1n) is 8.36. The maximum absolute atomic E-state index is 12.6. The number of thioether (sulfide) groups is 1. The molecule has 1 heterocycles. The largest absolute Gasteiger partial charge is 0.385 e. The van der Waals surface area contributed by atoms with Crippen LogP contribution in [0.15, 0.2) is 23.4 Å². The first-order valence-corrected chi connectivity index (χ1v) is 9.24. The fourth-order valence-electron chi connectivity index (χ4n) is 2.52. The Balaban J connectivity index is 2.04. The summed E-state index contributed by atoms with van der Waals surface area (Å²) in [5.41, 5.74) is 3.01. The Hall–Kier alpha value is -1.86. The van der Waals surface area contributed by atoms with E-state index in [-0.39, 0.29) is 11.2 Å². The summed E-state index contributed by atoms with van der Waals surface area (Å²) >= 11 is 1.42. The normalized spacial score (nSPS) is 12.2. The number of benzene rings is 1. The lowest BCUT2D eigenvalue weighted by molar-refractivity contribution is -0.115. The van der Waals surface area contributed by atoms with Crippen LogP contribution >= 0.6 is 11.8 Å². The number of carbonyl (C=O) groups is 1. The van der Waals surface area contributed by atoms with E-state index >= 15 is 0 Å². The summed E-state index contributed by atoms with van der Waals surface area (Å²) in [6.07, 6.45) is 0.881. The van der Waals surface area contributed by atoms with E-state index in [0.29, 0.717) is 6.61 Å². The van der Waals surface area contributed by atoms with Gasteiger partial charge in [-0.3, -0.25) is 4.79 Å². The second kappa shape index (κ2) is 9.01. The number of hydrogen-bond acceptors (Lipinski definition) is 5. The minimum atomic E-state index is -0.274. The smallest absolute Gasteiger partial charge is 0.237 e. The highest BCUT2D eigenvalue weighted by molar-refractivity contribution is 8.00. The topological polar surface area (TPSA) is 69.0 Å². The summed E-state index contributed by atoms with van der Waals surface area (Å²) < 4.78 is 7.14. The predicted molar refractivity (Wildman–Crippen MR) is 101 cm³/mol. The Morgan fingerprint density at radius 3 is 2.60 bits per heavy atom. The van der Waals surface area contributed by atoms with E-state index in [1.165, 1.54) is 11.8 Å². The number of amides is 1. The summed E-state index contributed by atoms with van der Waals surface area (Å²) in [6, 6.07) is 5.98. The molecule has 0 bridgehead atoms. The van der Waals surface area contributed by atoms with Crippen LogP contribution in [0, 0.1) is 20.8 Å². The van der Waals surface area contributed by atoms with Crippen LogP contribution in [-0.2, 0) is 16.1 Å². The third-order valence-corrected chi connectivity index (χ3v) is 5.09. The minimum Gasteiger partial charge on any atom is -0.385 e. The average Bonchev–Trinajstić information content (AvgIpc) is 2.91. The number of aromatic nitrogens is 3. The highest BCUT2D eigenvalue weighted by Crippen LogP contribution is 2.25. The number of nitrogens with one attached hydrogen (secondary N) is 1. The molecule has 0 unspecified atom stereocenters. The Kier molecular flexibility index (Phi) is 7.01. The molecule has 0 spiro atoms. The molecule has 1 aromatic heterocycles. The van der Waals surface area contributed by atoms with Crippen molar-refractivity contribution < 1.29 is 9.53 Å². The molecule has 0 aliphatic rings. The molecular weight excluding hydrogens is 336 g/mol. The maximum atomic E-state index is 12.6. The SMILES string of the molecule is COCCCn1c(C)nnc1S[C@@H](C)C(=O)Nc1c(C)cccc1C. The van der Waals surface area contributed by atoms with Gasteiger partial charge in [0.15, 0.2) is 5.16 Å². The average molecular weight is 362 g/mol. The van der Waals surface area contributed by atoms with Crippen LogP contribution in [0.25, 0.3) is 0 Å². The molecule has 0 fully saturated rings. The first-order chi connectivity index (χ1) is 11.9. The molecule has 1 aromatic carbocycles. The van der Waals surface area contributed by atoms with Crippen molar-refractivity contribution in [3.05, 3.63) is 35.2 Å². The molecule has 0 aliphatic carbocycles. The molecule has 7 heteroatoms. The van der Waals surface area contributed by atoms with Crippen molar-refractivity contribution >= 4 is 23.4 Å². The molecule has 1 atom stereocenters. The van der Waals surface area contributed by atoms with Crippen LogP contribution in [0.2, 0.25) is 0 Å². The molecule has 2 aromatic rings. The number of carbonyl (C=O) groups excluding carboxylic acids is 1. The Labute approximate surface area is 153 Å². The van der Waals surface area contributed by atoms with Gasteiger partial charge in [-0.05, 0) is 45.2 Å². The summed E-state index contributed by atoms with van der Waals surface area (Å²) in [5.74, 6) is 0.812. The van der Waals surface area contributed by atoms with Crippen molar-refractivity contribution in [1.29, 1.82) is 0 Å². The lowest BCUT2D eigenvalue weighted by Gasteiger charge is -2.15. The lowest BCUT2D eigenvalue weighted by atomic mass is 10.1. The molecule has 1 N–H and O–H groups in total. The fourth-order valence-corrected chi connectivity index (χ4v) is 3.44.